The molecule has 1 aromatic heterocycles. The maximum atomic E-state index is 14.1. The van der Waals surface area contributed by atoms with Gasteiger partial charge in [0.25, 0.3) is 5.91 Å². The summed E-state index contributed by atoms with van der Waals surface area (Å²) in [5, 5.41) is -0.366. The van der Waals surface area contributed by atoms with Crippen LogP contribution < -0.4 is 9.44 Å². The van der Waals surface area contributed by atoms with E-state index in [1.165, 1.54) is 18.2 Å². The summed E-state index contributed by atoms with van der Waals surface area (Å²) in [6, 6.07) is 12.5. The molecule has 0 spiro atoms. The molecule has 4 rings (SSSR count). The fourth-order valence-electron chi connectivity index (χ4n) is 3.72. The molecule has 1 heterocycles. The number of rotatable bonds is 8. The number of nitrogens with one attached hydrogen (secondary N) is 2. The smallest absolute Gasteiger partial charge is 0.305 e. The Morgan fingerprint density at radius 3 is 2.51 bits per heavy atom. The maximum Gasteiger partial charge on any atom is 0.323 e. The van der Waals surface area contributed by atoms with Gasteiger partial charge in [0.1, 0.15) is 11.0 Å². The Morgan fingerprint density at radius 2 is 1.86 bits per heavy atom. The second-order valence-electron chi connectivity index (χ2n) is 8.61. The zero-order valence-corrected chi connectivity index (χ0v) is 21.3. The highest BCUT2D eigenvalue weighted by molar-refractivity contribution is 7.91. The Morgan fingerprint density at radius 1 is 1.14 bits per heavy atom. The molecule has 0 bridgehead atoms. The van der Waals surface area contributed by atoms with Crippen molar-refractivity contribution in [3.05, 3.63) is 81.2 Å². The Kier molecular flexibility index (Phi) is 7.32. The van der Waals surface area contributed by atoms with Crippen LogP contribution in [0, 0.1) is 5.82 Å². The first-order valence-corrected chi connectivity index (χ1v) is 13.0. The number of hydrogen-bond acceptors (Lipinski definition) is 5. The van der Waals surface area contributed by atoms with E-state index in [0.29, 0.717) is 5.69 Å². The summed E-state index contributed by atoms with van der Waals surface area (Å²) in [6.45, 7) is 0.721. The summed E-state index contributed by atoms with van der Waals surface area (Å²) in [5.41, 5.74) is 2.24. The number of aromatic nitrogens is 1. The zero-order valence-electron chi connectivity index (χ0n) is 19.0. The molecule has 7 nitrogen and oxygen atoms in total. The van der Waals surface area contributed by atoms with E-state index in [1.807, 2.05) is 35.9 Å². The van der Waals surface area contributed by atoms with E-state index in [2.05, 4.69) is 9.71 Å². The van der Waals surface area contributed by atoms with E-state index < -0.39 is 21.9 Å². The molecule has 0 aliphatic heterocycles. The van der Waals surface area contributed by atoms with Crippen molar-refractivity contribution in [2.75, 3.05) is 18.8 Å². The molecule has 0 unspecified atom stereocenters. The lowest BCUT2D eigenvalue weighted by Crippen LogP contribution is -2.35. The van der Waals surface area contributed by atoms with E-state index in [-0.39, 0.29) is 32.9 Å². The molecule has 0 saturated heterocycles. The van der Waals surface area contributed by atoms with Gasteiger partial charge >= 0.3 is 10.2 Å². The highest BCUT2D eigenvalue weighted by atomic mass is 35.5. The number of halogens is 3. The van der Waals surface area contributed by atoms with Crippen LogP contribution in [0.3, 0.4) is 0 Å². The molecule has 35 heavy (non-hydrogen) atoms. The van der Waals surface area contributed by atoms with Crippen LogP contribution in [0.25, 0.3) is 11.3 Å². The van der Waals surface area contributed by atoms with Crippen molar-refractivity contribution < 1.29 is 17.6 Å². The minimum absolute atomic E-state index is 0.0409. The topological polar surface area (TPSA) is 91.4 Å². The predicted octanol–water partition coefficient (Wildman–Crippen LogP) is 5.22. The van der Waals surface area contributed by atoms with Crippen LogP contribution in [0.1, 0.15) is 40.2 Å². The highest BCUT2D eigenvalue weighted by Gasteiger charge is 2.29. The molecule has 1 fully saturated rings. The predicted molar refractivity (Wildman–Crippen MR) is 135 cm³/mol. The minimum atomic E-state index is -4.29. The number of carbonyl (C=O) groups is 1. The molecule has 1 amide bonds. The molecule has 11 heteroatoms. The average Bonchev–Trinajstić information content (AvgIpc) is 3.61. The number of hydrogen-bond donors (Lipinski definition) is 2. The zero-order chi connectivity index (χ0) is 25.3. The number of carbonyl (C=O) groups excluding carboxylic acids is 1. The largest absolute Gasteiger partial charge is 0.323 e. The Hall–Kier alpha value is -2.72. The van der Waals surface area contributed by atoms with Gasteiger partial charge in [-0.05, 0) is 68.2 Å². The van der Waals surface area contributed by atoms with Gasteiger partial charge in [-0.2, -0.15) is 8.42 Å². The van der Waals surface area contributed by atoms with Crippen molar-refractivity contribution >= 4 is 45.0 Å². The van der Waals surface area contributed by atoms with Gasteiger partial charge in [-0.25, -0.2) is 14.1 Å². The van der Waals surface area contributed by atoms with Crippen LogP contribution >= 0.6 is 23.2 Å². The summed E-state index contributed by atoms with van der Waals surface area (Å²) >= 11 is 12.4. The number of benzene rings is 2. The number of amides is 1. The van der Waals surface area contributed by atoms with Gasteiger partial charge in [0, 0.05) is 12.1 Å². The molecular weight excluding hydrogens is 514 g/mol. The van der Waals surface area contributed by atoms with Gasteiger partial charge in [0.2, 0.25) is 0 Å². The number of nitrogens with zero attached hydrogens (tertiary/aromatic N) is 2. The van der Waals surface area contributed by atoms with Crippen molar-refractivity contribution in [3.8, 4) is 11.3 Å². The van der Waals surface area contributed by atoms with Gasteiger partial charge in [-0.1, -0.05) is 47.5 Å². The lowest BCUT2D eigenvalue weighted by Gasteiger charge is -2.16. The highest BCUT2D eigenvalue weighted by Crippen LogP contribution is 2.44. The van der Waals surface area contributed by atoms with E-state index in [1.54, 1.807) is 12.1 Å². The first-order valence-electron chi connectivity index (χ1n) is 10.8. The van der Waals surface area contributed by atoms with Crippen molar-refractivity contribution in [1.82, 2.24) is 14.6 Å². The lowest BCUT2D eigenvalue weighted by atomic mass is 10.0. The lowest BCUT2D eigenvalue weighted by molar-refractivity contribution is 0.0981. The van der Waals surface area contributed by atoms with Gasteiger partial charge < -0.3 is 4.90 Å². The summed E-state index contributed by atoms with van der Waals surface area (Å²) in [6.07, 6.45) is 1.95. The first-order chi connectivity index (χ1) is 16.5. The summed E-state index contributed by atoms with van der Waals surface area (Å²) in [7, 11) is -0.381. The van der Waals surface area contributed by atoms with E-state index in [4.69, 9.17) is 23.2 Å². The standard InChI is InChI=1S/C24H23Cl2FN4O3S/c1-31(2)13-14-7-10-21(17(11-14)15-8-9-15)29-35(33,34)30-24(32)18-12-19(25)22(28-23(18)26)16-5-3-4-6-20(16)27/h3-7,10-12,15,29H,8-9,13H2,1-2H3,(H,30,32). The fourth-order valence-corrected chi connectivity index (χ4v) is 5.07. The summed E-state index contributed by atoms with van der Waals surface area (Å²) in [4.78, 5) is 18.8. The van der Waals surface area contributed by atoms with Crippen LogP contribution in [-0.2, 0) is 16.8 Å². The van der Waals surface area contributed by atoms with E-state index >= 15 is 0 Å². The third kappa shape index (κ3) is 6.10. The molecule has 2 N–H and O–H groups in total. The molecule has 0 radical (unpaired) electrons. The third-order valence-electron chi connectivity index (χ3n) is 5.41. The molecule has 1 saturated carbocycles. The quantitative estimate of drug-likeness (QED) is 0.385. The van der Waals surface area contributed by atoms with Gasteiger partial charge in [-0.3, -0.25) is 9.52 Å². The Bertz CT molecular complexity index is 1400. The van der Waals surface area contributed by atoms with Gasteiger partial charge in [0.05, 0.1) is 22.0 Å². The normalized spacial score (nSPS) is 13.7. The molecule has 0 atom stereocenters. The molecule has 1 aliphatic rings. The Labute approximate surface area is 213 Å². The SMILES string of the molecule is CN(C)Cc1ccc(NS(=O)(=O)NC(=O)c2cc(Cl)c(-c3ccccc3F)nc2Cl)c(C2CC2)c1. The second kappa shape index (κ2) is 10.1. The van der Waals surface area contributed by atoms with Crippen LogP contribution in [0.4, 0.5) is 10.1 Å². The molecule has 1 aliphatic carbocycles. The minimum Gasteiger partial charge on any atom is -0.305 e. The second-order valence-corrected chi connectivity index (χ2v) is 10.8. The van der Waals surface area contributed by atoms with Gasteiger partial charge in [0.15, 0.2) is 0 Å². The molecule has 3 aromatic rings. The third-order valence-corrected chi connectivity index (χ3v) is 6.93. The molecule has 184 valence electrons. The van der Waals surface area contributed by atoms with Crippen molar-refractivity contribution in [1.29, 1.82) is 0 Å². The average molecular weight is 537 g/mol. The van der Waals surface area contributed by atoms with E-state index in [9.17, 15) is 17.6 Å². The number of pyridine rings is 1. The van der Waals surface area contributed by atoms with Crippen LogP contribution in [0.15, 0.2) is 48.5 Å². The molecular formula is C24H23Cl2FN4O3S. The maximum absolute atomic E-state index is 14.1. The Balaban J connectivity index is 1.55. The van der Waals surface area contributed by atoms with Crippen molar-refractivity contribution in [3.63, 3.8) is 0 Å². The van der Waals surface area contributed by atoms with Gasteiger partial charge in [-0.15, -0.1) is 0 Å². The van der Waals surface area contributed by atoms with Crippen molar-refractivity contribution in [2.24, 2.45) is 0 Å². The first kappa shape index (κ1) is 25.4. The van der Waals surface area contributed by atoms with Crippen LogP contribution in [-0.4, -0.2) is 38.3 Å². The fraction of sp³-hybridized carbons (Fsp3) is 0.250. The van der Waals surface area contributed by atoms with E-state index in [0.717, 1.165) is 36.6 Å². The van der Waals surface area contributed by atoms with Crippen LogP contribution in [0.5, 0.6) is 0 Å². The summed E-state index contributed by atoms with van der Waals surface area (Å²) in [5.74, 6) is -1.31. The molecule has 2 aromatic carbocycles. The van der Waals surface area contributed by atoms with Crippen LogP contribution in [0.2, 0.25) is 10.2 Å². The summed E-state index contributed by atoms with van der Waals surface area (Å²) < 4.78 is 44.1. The number of anilines is 1. The monoisotopic (exact) mass is 536 g/mol. The van der Waals surface area contributed by atoms with Crippen molar-refractivity contribution in [2.45, 2.75) is 25.3 Å².